The zero-order chi connectivity index (χ0) is 12.4. The molecule has 2 aromatic heterocycles. The number of nitrogens with one attached hydrogen (secondary N) is 1. The molecule has 0 aliphatic carbocycles. The molecule has 0 saturated carbocycles. The van der Waals surface area contributed by atoms with Crippen molar-refractivity contribution in [3.63, 3.8) is 0 Å². The summed E-state index contributed by atoms with van der Waals surface area (Å²) in [4.78, 5) is 20.1. The molecule has 0 amide bonds. The molecule has 0 aliphatic heterocycles. The van der Waals surface area contributed by atoms with Crippen molar-refractivity contribution in [1.29, 1.82) is 0 Å². The third-order valence-corrected chi connectivity index (χ3v) is 3.98. The Balaban J connectivity index is 2.50. The lowest BCUT2D eigenvalue weighted by atomic mass is 10.1. The lowest BCUT2D eigenvalue weighted by molar-refractivity contribution is 0.631. The zero-order valence-corrected chi connectivity index (χ0v) is 12.1. The summed E-state index contributed by atoms with van der Waals surface area (Å²) in [6.45, 7) is 4.22. The standard InChI is InChI=1S/C12H13BrN2OS/c1-7(2)6-8-10(13)12(16)15-11(14-8)9-4-3-5-17-9/h3-5,7H,6H2,1-2H3,(H,14,15,16). The van der Waals surface area contributed by atoms with Gasteiger partial charge in [-0.3, -0.25) is 4.79 Å². The normalized spacial score (nSPS) is 11.1. The Kier molecular flexibility index (Phi) is 3.79. The molecule has 90 valence electrons. The minimum absolute atomic E-state index is 0.112. The number of H-pyrrole nitrogens is 1. The van der Waals surface area contributed by atoms with Gasteiger partial charge in [0.25, 0.3) is 5.56 Å². The van der Waals surface area contributed by atoms with Gasteiger partial charge in [0.2, 0.25) is 0 Å². The van der Waals surface area contributed by atoms with Crippen molar-refractivity contribution in [2.45, 2.75) is 20.3 Å². The molecule has 0 atom stereocenters. The van der Waals surface area contributed by atoms with Crippen LogP contribution in [-0.4, -0.2) is 9.97 Å². The van der Waals surface area contributed by atoms with Gasteiger partial charge in [-0.05, 0) is 39.7 Å². The van der Waals surface area contributed by atoms with Gasteiger partial charge < -0.3 is 4.98 Å². The van der Waals surface area contributed by atoms with Crippen molar-refractivity contribution < 1.29 is 0 Å². The van der Waals surface area contributed by atoms with Gasteiger partial charge >= 0.3 is 0 Å². The van der Waals surface area contributed by atoms with Gasteiger partial charge in [0.15, 0.2) is 5.82 Å². The van der Waals surface area contributed by atoms with Crippen LogP contribution in [0, 0.1) is 5.92 Å². The minimum atomic E-state index is -0.112. The van der Waals surface area contributed by atoms with Crippen LogP contribution < -0.4 is 5.56 Å². The van der Waals surface area contributed by atoms with E-state index in [4.69, 9.17) is 0 Å². The summed E-state index contributed by atoms with van der Waals surface area (Å²) in [5, 5.41) is 1.97. The van der Waals surface area contributed by atoms with Crippen LogP contribution in [0.2, 0.25) is 0 Å². The van der Waals surface area contributed by atoms with Crippen molar-refractivity contribution in [1.82, 2.24) is 9.97 Å². The van der Waals surface area contributed by atoms with Crippen molar-refractivity contribution >= 4 is 27.3 Å². The number of rotatable bonds is 3. The van der Waals surface area contributed by atoms with Crippen LogP contribution in [0.4, 0.5) is 0 Å². The molecular formula is C12H13BrN2OS. The van der Waals surface area contributed by atoms with Gasteiger partial charge in [0.05, 0.1) is 10.6 Å². The summed E-state index contributed by atoms with van der Waals surface area (Å²) in [7, 11) is 0. The third kappa shape index (κ3) is 2.84. The number of aromatic amines is 1. The zero-order valence-electron chi connectivity index (χ0n) is 9.66. The quantitative estimate of drug-likeness (QED) is 0.943. The second-order valence-corrected chi connectivity index (χ2v) is 5.99. The van der Waals surface area contributed by atoms with E-state index in [1.165, 1.54) is 0 Å². The van der Waals surface area contributed by atoms with E-state index in [0.717, 1.165) is 17.0 Å². The Morgan fingerprint density at radius 2 is 2.29 bits per heavy atom. The largest absolute Gasteiger partial charge is 0.305 e. The maximum absolute atomic E-state index is 11.8. The van der Waals surface area contributed by atoms with Crippen LogP contribution in [0.3, 0.4) is 0 Å². The van der Waals surface area contributed by atoms with E-state index in [9.17, 15) is 4.79 Å². The molecule has 1 N–H and O–H groups in total. The maximum atomic E-state index is 11.8. The van der Waals surface area contributed by atoms with Crippen LogP contribution in [0.25, 0.3) is 10.7 Å². The van der Waals surface area contributed by atoms with Gasteiger partial charge in [-0.15, -0.1) is 11.3 Å². The number of thiophene rings is 1. The first-order valence-electron chi connectivity index (χ1n) is 5.40. The van der Waals surface area contributed by atoms with Gasteiger partial charge in [-0.2, -0.15) is 0 Å². The van der Waals surface area contributed by atoms with Crippen molar-refractivity contribution in [3.8, 4) is 10.7 Å². The first kappa shape index (κ1) is 12.5. The highest BCUT2D eigenvalue weighted by molar-refractivity contribution is 9.10. The molecule has 17 heavy (non-hydrogen) atoms. The van der Waals surface area contributed by atoms with E-state index >= 15 is 0 Å². The SMILES string of the molecule is CC(C)Cc1nc(-c2cccs2)[nH]c(=O)c1Br. The number of hydrogen-bond donors (Lipinski definition) is 1. The van der Waals surface area contributed by atoms with Gasteiger partial charge in [0, 0.05) is 0 Å². The van der Waals surface area contributed by atoms with Crippen molar-refractivity contribution in [2.75, 3.05) is 0 Å². The summed E-state index contributed by atoms with van der Waals surface area (Å²) in [6, 6.07) is 3.90. The van der Waals surface area contributed by atoms with Gasteiger partial charge in [-0.25, -0.2) is 4.98 Å². The van der Waals surface area contributed by atoms with Crippen LogP contribution in [0.15, 0.2) is 26.8 Å². The highest BCUT2D eigenvalue weighted by atomic mass is 79.9. The fraction of sp³-hybridized carbons (Fsp3) is 0.333. The second kappa shape index (κ2) is 5.14. The Labute approximate surface area is 112 Å². The number of halogens is 1. The molecule has 0 aromatic carbocycles. The Morgan fingerprint density at radius 3 is 2.88 bits per heavy atom. The lowest BCUT2D eigenvalue weighted by Crippen LogP contribution is -2.14. The van der Waals surface area contributed by atoms with E-state index in [-0.39, 0.29) is 5.56 Å². The van der Waals surface area contributed by atoms with Gasteiger partial charge in [0.1, 0.15) is 4.47 Å². The lowest BCUT2D eigenvalue weighted by Gasteiger charge is -2.07. The number of hydrogen-bond acceptors (Lipinski definition) is 3. The molecule has 0 saturated heterocycles. The highest BCUT2D eigenvalue weighted by Crippen LogP contribution is 2.22. The molecule has 0 radical (unpaired) electrons. The van der Waals surface area contributed by atoms with Gasteiger partial charge in [-0.1, -0.05) is 19.9 Å². The molecule has 0 aliphatic rings. The Hall–Kier alpha value is -0.940. The Morgan fingerprint density at radius 1 is 1.53 bits per heavy atom. The molecule has 5 heteroatoms. The van der Waals surface area contributed by atoms with Crippen LogP contribution >= 0.6 is 27.3 Å². The fourth-order valence-corrected chi connectivity index (χ4v) is 2.58. The topological polar surface area (TPSA) is 45.8 Å². The first-order chi connectivity index (χ1) is 8.08. The fourth-order valence-electron chi connectivity index (χ4n) is 1.56. The van der Waals surface area contributed by atoms with E-state index in [0.29, 0.717) is 16.2 Å². The van der Waals surface area contributed by atoms with Crippen LogP contribution in [0.5, 0.6) is 0 Å². The van der Waals surface area contributed by atoms with Crippen molar-refractivity contribution in [3.05, 3.63) is 38.0 Å². The van der Waals surface area contributed by atoms with E-state index in [2.05, 4.69) is 39.7 Å². The molecule has 3 nitrogen and oxygen atoms in total. The maximum Gasteiger partial charge on any atom is 0.265 e. The smallest absolute Gasteiger partial charge is 0.265 e. The molecule has 0 bridgehead atoms. The first-order valence-corrected chi connectivity index (χ1v) is 7.07. The number of nitrogens with zero attached hydrogens (tertiary/aromatic N) is 1. The van der Waals surface area contributed by atoms with E-state index in [1.54, 1.807) is 11.3 Å². The predicted octanol–water partition coefficient (Wildman–Crippen LogP) is 3.46. The monoisotopic (exact) mass is 312 g/mol. The average Bonchev–Trinajstić information content (AvgIpc) is 2.77. The average molecular weight is 313 g/mol. The molecule has 2 rings (SSSR count). The summed E-state index contributed by atoms with van der Waals surface area (Å²) in [5.41, 5.74) is 0.714. The summed E-state index contributed by atoms with van der Waals surface area (Å²) in [6.07, 6.45) is 0.795. The highest BCUT2D eigenvalue weighted by Gasteiger charge is 2.11. The van der Waals surface area contributed by atoms with E-state index in [1.807, 2.05) is 17.5 Å². The summed E-state index contributed by atoms with van der Waals surface area (Å²) in [5.74, 6) is 1.13. The summed E-state index contributed by atoms with van der Waals surface area (Å²) >= 11 is 4.87. The predicted molar refractivity (Wildman–Crippen MR) is 74.4 cm³/mol. The minimum Gasteiger partial charge on any atom is -0.305 e. The van der Waals surface area contributed by atoms with Crippen molar-refractivity contribution in [2.24, 2.45) is 5.92 Å². The Bertz CT molecular complexity index is 560. The molecule has 2 heterocycles. The molecular weight excluding hydrogens is 300 g/mol. The molecule has 0 fully saturated rings. The second-order valence-electron chi connectivity index (χ2n) is 4.25. The van der Waals surface area contributed by atoms with Crippen LogP contribution in [-0.2, 0) is 6.42 Å². The van der Waals surface area contributed by atoms with E-state index < -0.39 is 0 Å². The molecule has 0 unspecified atom stereocenters. The molecule has 2 aromatic rings. The van der Waals surface area contributed by atoms with Crippen LogP contribution in [0.1, 0.15) is 19.5 Å². The third-order valence-electron chi connectivity index (χ3n) is 2.29. The number of aromatic nitrogens is 2. The summed E-state index contributed by atoms with van der Waals surface area (Å²) < 4.78 is 0.548. The molecule has 0 spiro atoms.